The second-order valence-electron chi connectivity index (χ2n) is 9.46. The Bertz CT molecular complexity index is 1390. The highest BCUT2D eigenvalue weighted by Crippen LogP contribution is 2.46. The normalized spacial score (nSPS) is 14.6. The molecule has 192 valence electrons. The zero-order chi connectivity index (χ0) is 26.0. The molecular weight excluding hydrogens is 478 g/mol. The van der Waals surface area contributed by atoms with Crippen LogP contribution in [0.4, 0.5) is 0 Å². The Balaban J connectivity index is 1.84. The van der Waals surface area contributed by atoms with E-state index < -0.39 is 15.1 Å². The van der Waals surface area contributed by atoms with Gasteiger partial charge < -0.3 is 10.1 Å². The number of aromatic nitrogens is 2. The SMILES string of the molecule is CCOC(=O)CCCC(c1cc2nn(-c3ccc(C)cc3)c(C(=O)NC)c2cc1C1CC1)S(C)(=O)=O. The number of nitrogens with zero attached hydrogens (tertiary/aromatic N) is 2. The number of hydrogen-bond acceptors (Lipinski definition) is 6. The van der Waals surface area contributed by atoms with Gasteiger partial charge in [-0.1, -0.05) is 17.7 Å². The molecule has 0 saturated heterocycles. The Morgan fingerprint density at radius 2 is 1.89 bits per heavy atom. The first kappa shape index (κ1) is 25.9. The fourth-order valence-electron chi connectivity index (χ4n) is 4.67. The summed E-state index contributed by atoms with van der Waals surface area (Å²) in [6.07, 6.45) is 4.07. The molecule has 4 rings (SSSR count). The summed E-state index contributed by atoms with van der Waals surface area (Å²) in [6.45, 7) is 4.04. The van der Waals surface area contributed by atoms with Crippen molar-refractivity contribution in [3.63, 3.8) is 0 Å². The number of rotatable bonds is 10. The third-order valence-electron chi connectivity index (χ3n) is 6.63. The summed E-state index contributed by atoms with van der Waals surface area (Å²) in [6, 6.07) is 11.5. The second-order valence-corrected chi connectivity index (χ2v) is 11.7. The minimum Gasteiger partial charge on any atom is -0.466 e. The van der Waals surface area contributed by atoms with E-state index >= 15 is 0 Å². The third kappa shape index (κ3) is 5.46. The molecule has 9 heteroatoms. The second kappa shape index (κ2) is 10.4. The van der Waals surface area contributed by atoms with Crippen LogP contribution in [-0.2, 0) is 19.4 Å². The minimum atomic E-state index is -3.47. The van der Waals surface area contributed by atoms with E-state index in [1.807, 2.05) is 43.3 Å². The van der Waals surface area contributed by atoms with E-state index in [1.165, 1.54) is 6.26 Å². The van der Waals surface area contributed by atoms with Crippen molar-refractivity contribution in [2.75, 3.05) is 19.9 Å². The van der Waals surface area contributed by atoms with Crippen molar-refractivity contribution in [3.05, 3.63) is 58.8 Å². The molecule has 1 aliphatic rings. The molecule has 36 heavy (non-hydrogen) atoms. The Morgan fingerprint density at radius 3 is 2.47 bits per heavy atom. The van der Waals surface area contributed by atoms with Crippen molar-refractivity contribution < 1.29 is 22.7 Å². The molecule has 1 saturated carbocycles. The minimum absolute atomic E-state index is 0.170. The zero-order valence-electron chi connectivity index (χ0n) is 21.2. The highest BCUT2D eigenvalue weighted by atomic mass is 32.2. The van der Waals surface area contributed by atoms with E-state index in [-0.39, 0.29) is 24.2 Å². The maximum absolute atomic E-state index is 13.0. The van der Waals surface area contributed by atoms with E-state index in [1.54, 1.807) is 18.7 Å². The molecule has 3 aromatic rings. The number of benzene rings is 2. The number of ether oxygens (including phenoxy) is 1. The van der Waals surface area contributed by atoms with Crippen LogP contribution >= 0.6 is 0 Å². The molecule has 0 aliphatic heterocycles. The summed E-state index contributed by atoms with van der Waals surface area (Å²) in [5.74, 6) is -0.338. The van der Waals surface area contributed by atoms with Gasteiger partial charge >= 0.3 is 5.97 Å². The van der Waals surface area contributed by atoms with Gasteiger partial charge in [-0.15, -0.1) is 0 Å². The smallest absolute Gasteiger partial charge is 0.305 e. The van der Waals surface area contributed by atoms with E-state index in [0.29, 0.717) is 41.6 Å². The quantitative estimate of drug-likeness (QED) is 0.405. The highest BCUT2D eigenvalue weighted by Gasteiger charge is 2.34. The zero-order valence-corrected chi connectivity index (χ0v) is 22.0. The van der Waals surface area contributed by atoms with E-state index in [9.17, 15) is 18.0 Å². The Morgan fingerprint density at radius 1 is 1.19 bits per heavy atom. The Labute approximate surface area is 211 Å². The molecule has 0 spiro atoms. The Kier molecular flexibility index (Phi) is 7.49. The first-order chi connectivity index (χ1) is 17.1. The number of nitrogens with one attached hydrogen (secondary N) is 1. The van der Waals surface area contributed by atoms with Gasteiger partial charge in [-0.05, 0) is 80.8 Å². The van der Waals surface area contributed by atoms with Gasteiger partial charge in [0.05, 0.1) is 23.1 Å². The highest BCUT2D eigenvalue weighted by molar-refractivity contribution is 7.90. The lowest BCUT2D eigenvalue weighted by Gasteiger charge is -2.19. The van der Waals surface area contributed by atoms with Crippen molar-refractivity contribution in [1.82, 2.24) is 15.1 Å². The maximum Gasteiger partial charge on any atom is 0.305 e. The molecule has 1 heterocycles. The summed E-state index contributed by atoms with van der Waals surface area (Å²) in [4.78, 5) is 24.8. The predicted molar refractivity (Wildman–Crippen MR) is 139 cm³/mol. The average Bonchev–Trinajstić information content (AvgIpc) is 3.61. The van der Waals surface area contributed by atoms with Crippen LogP contribution in [0.25, 0.3) is 16.6 Å². The van der Waals surface area contributed by atoms with Crippen LogP contribution in [0, 0.1) is 6.92 Å². The van der Waals surface area contributed by atoms with Crippen LogP contribution < -0.4 is 5.32 Å². The van der Waals surface area contributed by atoms with Gasteiger partial charge in [0.25, 0.3) is 5.91 Å². The molecule has 8 nitrogen and oxygen atoms in total. The van der Waals surface area contributed by atoms with Crippen molar-refractivity contribution in [2.45, 2.75) is 57.1 Å². The van der Waals surface area contributed by atoms with E-state index in [4.69, 9.17) is 9.84 Å². The summed E-state index contributed by atoms with van der Waals surface area (Å²) in [5, 5.41) is 7.39. The summed E-state index contributed by atoms with van der Waals surface area (Å²) < 4.78 is 32.5. The van der Waals surface area contributed by atoms with Gasteiger partial charge in [0.15, 0.2) is 9.84 Å². The number of amides is 1. The van der Waals surface area contributed by atoms with Gasteiger partial charge in [-0.3, -0.25) is 9.59 Å². The molecule has 1 aromatic heterocycles. The van der Waals surface area contributed by atoms with Gasteiger partial charge in [0.1, 0.15) is 5.69 Å². The number of hydrogen-bond donors (Lipinski definition) is 1. The van der Waals surface area contributed by atoms with Gasteiger partial charge in [-0.25, -0.2) is 13.1 Å². The van der Waals surface area contributed by atoms with E-state index in [0.717, 1.165) is 29.7 Å². The number of fused-ring (bicyclic) bond motifs is 1. The van der Waals surface area contributed by atoms with Crippen LogP contribution in [0.1, 0.15) is 77.4 Å². The molecule has 0 bridgehead atoms. The van der Waals surface area contributed by atoms with Gasteiger partial charge in [0.2, 0.25) is 0 Å². The maximum atomic E-state index is 13.0. The lowest BCUT2D eigenvalue weighted by molar-refractivity contribution is -0.143. The van der Waals surface area contributed by atoms with Crippen LogP contribution in [-0.4, -0.2) is 50.0 Å². The van der Waals surface area contributed by atoms with Crippen molar-refractivity contribution in [1.29, 1.82) is 0 Å². The van der Waals surface area contributed by atoms with Crippen LogP contribution in [0.15, 0.2) is 36.4 Å². The van der Waals surface area contributed by atoms with Crippen molar-refractivity contribution >= 4 is 32.6 Å². The number of esters is 1. The van der Waals surface area contributed by atoms with Gasteiger partial charge in [-0.2, -0.15) is 5.10 Å². The Hall–Kier alpha value is -3.20. The molecule has 2 aromatic carbocycles. The fraction of sp³-hybridized carbons (Fsp3) is 0.444. The van der Waals surface area contributed by atoms with E-state index in [2.05, 4.69) is 5.32 Å². The molecule has 1 atom stereocenters. The molecule has 1 N–H and O–H groups in total. The van der Waals surface area contributed by atoms with Crippen LogP contribution in [0.2, 0.25) is 0 Å². The molecule has 0 radical (unpaired) electrons. The monoisotopic (exact) mass is 511 g/mol. The standard InChI is InChI=1S/C27H33N3O5S/c1-5-35-25(31)8-6-7-24(36(4,33)34)21-16-23-22(15-20(21)18-11-12-18)26(27(32)28-3)30(29-23)19-13-9-17(2)10-14-19/h9-10,13-16,18,24H,5-8,11-12H2,1-4H3,(H,28,32). The number of aryl methyl sites for hydroxylation is 1. The summed E-state index contributed by atoms with van der Waals surface area (Å²) in [7, 11) is -1.89. The molecular formula is C27H33N3O5S. The molecule has 1 fully saturated rings. The summed E-state index contributed by atoms with van der Waals surface area (Å²) in [5.41, 5.74) is 4.49. The molecule has 1 unspecified atom stereocenters. The largest absolute Gasteiger partial charge is 0.466 e. The third-order valence-corrected chi connectivity index (χ3v) is 8.15. The topological polar surface area (TPSA) is 107 Å². The van der Waals surface area contributed by atoms with Gasteiger partial charge in [0, 0.05) is 25.1 Å². The first-order valence-corrected chi connectivity index (χ1v) is 14.3. The molecule has 1 aliphatic carbocycles. The number of carbonyl (C=O) groups excluding carboxylic acids is 2. The van der Waals surface area contributed by atoms with Crippen LogP contribution in [0.3, 0.4) is 0 Å². The lowest BCUT2D eigenvalue weighted by Crippen LogP contribution is -2.22. The predicted octanol–water partition coefficient (Wildman–Crippen LogP) is 4.39. The number of carbonyl (C=O) groups is 2. The lowest BCUT2D eigenvalue weighted by atomic mass is 9.95. The van der Waals surface area contributed by atoms with Crippen molar-refractivity contribution in [3.8, 4) is 5.69 Å². The summed E-state index contributed by atoms with van der Waals surface area (Å²) >= 11 is 0. The number of sulfone groups is 1. The molecule has 1 amide bonds. The van der Waals surface area contributed by atoms with Crippen molar-refractivity contribution in [2.24, 2.45) is 0 Å². The van der Waals surface area contributed by atoms with Crippen LogP contribution in [0.5, 0.6) is 0 Å². The first-order valence-electron chi connectivity index (χ1n) is 12.3. The average molecular weight is 512 g/mol. The fourth-order valence-corrected chi connectivity index (χ4v) is 5.93.